The molecule has 0 aromatic carbocycles. The van der Waals surface area contributed by atoms with Crippen LogP contribution >= 0.6 is 0 Å². The summed E-state index contributed by atoms with van der Waals surface area (Å²) < 4.78 is 2.19. The lowest BCUT2D eigenvalue weighted by atomic mass is 9.83. The molecule has 104 valence electrons. The molecule has 1 aliphatic heterocycles. The molecule has 2 heterocycles. The predicted molar refractivity (Wildman–Crippen MR) is 77.6 cm³/mol. The lowest BCUT2D eigenvalue weighted by molar-refractivity contribution is 0.125. The highest BCUT2D eigenvalue weighted by Crippen LogP contribution is 2.30. The van der Waals surface area contributed by atoms with Crippen LogP contribution < -0.4 is 0 Å². The first-order valence-corrected chi connectivity index (χ1v) is 7.17. The van der Waals surface area contributed by atoms with Crippen molar-refractivity contribution in [2.24, 2.45) is 12.5 Å². The van der Waals surface area contributed by atoms with Crippen molar-refractivity contribution in [2.45, 2.75) is 54.0 Å². The molecule has 3 heteroatoms. The van der Waals surface area contributed by atoms with Crippen molar-refractivity contribution < 1.29 is 0 Å². The van der Waals surface area contributed by atoms with Crippen LogP contribution in [0.3, 0.4) is 0 Å². The van der Waals surface area contributed by atoms with E-state index < -0.39 is 0 Å². The molecular weight excluding hydrogens is 222 g/mol. The molecule has 1 aromatic rings. The number of imidazole rings is 1. The van der Waals surface area contributed by atoms with Gasteiger partial charge in [-0.05, 0) is 38.3 Å². The van der Waals surface area contributed by atoms with Crippen molar-refractivity contribution in [1.82, 2.24) is 14.5 Å². The molecule has 0 aliphatic carbocycles. The summed E-state index contributed by atoms with van der Waals surface area (Å²) in [5.41, 5.74) is 1.87. The molecule has 0 unspecified atom stereocenters. The molecule has 1 saturated heterocycles. The monoisotopic (exact) mass is 251 g/mol. The topological polar surface area (TPSA) is 21.1 Å². The Morgan fingerprint density at radius 2 is 1.78 bits per heavy atom. The van der Waals surface area contributed by atoms with E-state index in [9.17, 15) is 0 Å². The summed E-state index contributed by atoms with van der Waals surface area (Å²) in [5.74, 6) is 1.10. The Morgan fingerprint density at radius 3 is 2.22 bits per heavy atom. The molecule has 18 heavy (non-hydrogen) atoms. The van der Waals surface area contributed by atoms with Gasteiger partial charge in [0.2, 0.25) is 0 Å². The van der Waals surface area contributed by atoms with Crippen LogP contribution in [0.15, 0.2) is 6.20 Å². The van der Waals surface area contributed by atoms with Crippen LogP contribution in [0.1, 0.15) is 52.1 Å². The highest BCUT2D eigenvalue weighted by atomic mass is 15.2. The molecule has 3 nitrogen and oxygen atoms in total. The summed E-state index contributed by atoms with van der Waals surface area (Å²) in [6.07, 6.45) is 4.63. The quantitative estimate of drug-likeness (QED) is 0.803. The van der Waals surface area contributed by atoms with Gasteiger partial charge in [-0.2, -0.15) is 0 Å². The molecule has 0 saturated carbocycles. The van der Waals surface area contributed by atoms with Crippen LogP contribution in [0.5, 0.6) is 0 Å². The molecule has 1 fully saturated rings. The van der Waals surface area contributed by atoms with Crippen molar-refractivity contribution >= 4 is 0 Å². The lowest BCUT2D eigenvalue weighted by Crippen LogP contribution is -2.37. The Bertz CT molecular complexity index is 356. The van der Waals surface area contributed by atoms with Gasteiger partial charge in [0.05, 0.1) is 5.69 Å². The highest BCUT2D eigenvalue weighted by Gasteiger charge is 2.25. The van der Waals surface area contributed by atoms with Gasteiger partial charge in [0, 0.05) is 19.8 Å². The van der Waals surface area contributed by atoms with Gasteiger partial charge in [-0.25, -0.2) is 4.98 Å². The number of likely N-dealkylation sites (tertiary alicyclic amines) is 1. The number of nitrogens with zero attached hydrogens (tertiary/aromatic N) is 3. The van der Waals surface area contributed by atoms with E-state index in [1.54, 1.807) is 0 Å². The predicted octanol–water partition coefficient (Wildman–Crippen LogP) is 3.38. The number of piperidine rings is 1. The zero-order valence-electron chi connectivity index (χ0n) is 13.0. The summed E-state index contributed by atoms with van der Waals surface area (Å²) in [4.78, 5) is 6.89. The van der Waals surface area contributed by atoms with E-state index in [0.717, 1.165) is 12.4 Å². The average Bonchev–Trinajstić information content (AvgIpc) is 2.66. The summed E-state index contributed by atoms with van der Waals surface area (Å²) >= 11 is 0. The third kappa shape index (κ3) is 3.84. The van der Waals surface area contributed by atoms with Gasteiger partial charge in [0.25, 0.3) is 0 Å². The normalized spacial score (nSPS) is 19.2. The second-order valence-corrected chi connectivity index (χ2v) is 5.80. The first-order valence-electron chi connectivity index (χ1n) is 7.17. The maximum atomic E-state index is 4.35. The van der Waals surface area contributed by atoms with E-state index in [0.29, 0.717) is 5.41 Å². The van der Waals surface area contributed by atoms with E-state index in [4.69, 9.17) is 0 Å². The van der Waals surface area contributed by atoms with Gasteiger partial charge in [-0.15, -0.1) is 0 Å². The highest BCUT2D eigenvalue weighted by molar-refractivity contribution is 5.03. The van der Waals surface area contributed by atoms with Crippen molar-refractivity contribution in [2.75, 3.05) is 13.1 Å². The third-order valence-corrected chi connectivity index (χ3v) is 3.91. The van der Waals surface area contributed by atoms with E-state index in [1.165, 1.54) is 31.6 Å². The van der Waals surface area contributed by atoms with Gasteiger partial charge in [0.1, 0.15) is 5.82 Å². The minimum atomic E-state index is 0.541. The van der Waals surface area contributed by atoms with Crippen LogP contribution in [-0.4, -0.2) is 27.5 Å². The Labute approximate surface area is 112 Å². The second-order valence-electron chi connectivity index (χ2n) is 5.80. The van der Waals surface area contributed by atoms with Gasteiger partial charge >= 0.3 is 0 Å². The Kier molecular flexibility index (Phi) is 5.39. The molecule has 2 rings (SSSR count). The number of hydrogen-bond acceptors (Lipinski definition) is 2. The average molecular weight is 251 g/mol. The summed E-state index contributed by atoms with van der Waals surface area (Å²) in [5, 5.41) is 0. The first kappa shape index (κ1) is 15.2. The van der Waals surface area contributed by atoms with E-state index in [-0.39, 0.29) is 0 Å². The van der Waals surface area contributed by atoms with Crippen LogP contribution in [0.2, 0.25) is 0 Å². The van der Waals surface area contributed by atoms with Gasteiger partial charge in [-0.1, -0.05) is 27.7 Å². The smallest absolute Gasteiger partial charge is 0.105 e. The molecule has 0 spiro atoms. The lowest BCUT2D eigenvalue weighted by Gasteiger charge is -2.36. The van der Waals surface area contributed by atoms with E-state index in [1.807, 2.05) is 20.0 Å². The van der Waals surface area contributed by atoms with Crippen LogP contribution in [-0.2, 0) is 13.6 Å². The summed E-state index contributed by atoms with van der Waals surface area (Å²) in [7, 11) is 2.10. The van der Waals surface area contributed by atoms with Gasteiger partial charge < -0.3 is 4.57 Å². The minimum absolute atomic E-state index is 0.541. The fourth-order valence-corrected chi connectivity index (χ4v) is 2.24. The molecular formula is C15H29N3. The van der Waals surface area contributed by atoms with Crippen molar-refractivity contribution in [1.29, 1.82) is 0 Å². The number of aromatic nitrogens is 2. The molecule has 1 aliphatic rings. The van der Waals surface area contributed by atoms with Crippen LogP contribution in [0.25, 0.3) is 0 Å². The largest absolute Gasteiger partial charge is 0.334 e. The Hall–Kier alpha value is -0.830. The summed E-state index contributed by atoms with van der Waals surface area (Å²) in [6.45, 7) is 14.3. The zero-order valence-corrected chi connectivity index (χ0v) is 13.0. The van der Waals surface area contributed by atoms with E-state index in [2.05, 4.69) is 42.3 Å². The van der Waals surface area contributed by atoms with Gasteiger partial charge in [-0.3, -0.25) is 4.90 Å². The minimum Gasteiger partial charge on any atom is -0.334 e. The Morgan fingerprint density at radius 1 is 1.22 bits per heavy atom. The molecule has 0 N–H and O–H groups in total. The number of aryl methyl sites for hydroxylation is 1. The number of hydrogen-bond donors (Lipinski definition) is 0. The summed E-state index contributed by atoms with van der Waals surface area (Å²) in [6, 6.07) is 0. The fourth-order valence-electron chi connectivity index (χ4n) is 2.24. The molecule has 0 bridgehead atoms. The molecule has 1 aromatic heterocycles. The van der Waals surface area contributed by atoms with Crippen molar-refractivity contribution in [3.63, 3.8) is 0 Å². The maximum Gasteiger partial charge on any atom is 0.105 e. The molecule has 0 amide bonds. The first-order chi connectivity index (χ1) is 8.48. The maximum absolute atomic E-state index is 4.35. The van der Waals surface area contributed by atoms with Crippen LogP contribution in [0.4, 0.5) is 0 Å². The standard InChI is InChI=1S/C13H23N3.C2H6/c1-11-14-9-12(15(11)4)10-16-7-5-13(2,3)6-8-16;1-2/h9H,5-8,10H2,1-4H3;1-2H3. The molecule has 0 atom stereocenters. The van der Waals surface area contributed by atoms with Crippen molar-refractivity contribution in [3.05, 3.63) is 17.7 Å². The Balaban J connectivity index is 0.000000771. The SMILES string of the molecule is CC.Cc1ncc(CN2CCC(C)(C)CC2)n1C. The third-order valence-electron chi connectivity index (χ3n) is 3.91. The fraction of sp³-hybridized carbons (Fsp3) is 0.800. The molecule has 0 radical (unpaired) electrons. The number of rotatable bonds is 2. The van der Waals surface area contributed by atoms with Crippen LogP contribution in [0, 0.1) is 12.3 Å². The van der Waals surface area contributed by atoms with Crippen molar-refractivity contribution in [3.8, 4) is 0 Å². The van der Waals surface area contributed by atoms with E-state index >= 15 is 0 Å². The van der Waals surface area contributed by atoms with Gasteiger partial charge in [0.15, 0.2) is 0 Å². The zero-order chi connectivity index (χ0) is 13.8. The second kappa shape index (κ2) is 6.37.